The lowest BCUT2D eigenvalue weighted by Gasteiger charge is -2.25. The van der Waals surface area contributed by atoms with Gasteiger partial charge in [-0.1, -0.05) is 13.3 Å². The van der Waals surface area contributed by atoms with Crippen LogP contribution < -0.4 is 0 Å². The van der Waals surface area contributed by atoms with Crippen LogP contribution in [0.4, 0.5) is 0 Å². The zero-order valence-corrected chi connectivity index (χ0v) is 8.54. The van der Waals surface area contributed by atoms with Gasteiger partial charge < -0.3 is 9.84 Å². The Hall–Kier alpha value is -0.570. The van der Waals surface area contributed by atoms with E-state index in [1.165, 1.54) is 0 Å². The minimum absolute atomic E-state index is 0.00963. The number of carbonyl (C=O) groups excluding carboxylic acids is 1. The third kappa shape index (κ3) is 2.02. The molecule has 0 amide bonds. The fourth-order valence-electron chi connectivity index (χ4n) is 1.75. The molecule has 3 unspecified atom stereocenters. The van der Waals surface area contributed by atoms with E-state index in [0.29, 0.717) is 6.42 Å². The van der Waals surface area contributed by atoms with Crippen molar-refractivity contribution in [1.29, 1.82) is 0 Å². The van der Waals surface area contributed by atoms with Crippen molar-refractivity contribution in [2.45, 2.75) is 51.7 Å². The average molecular weight is 186 g/mol. The number of esters is 1. The van der Waals surface area contributed by atoms with Crippen LogP contribution in [0.1, 0.15) is 40.0 Å². The Morgan fingerprint density at radius 3 is 2.77 bits per heavy atom. The quantitative estimate of drug-likeness (QED) is 0.679. The summed E-state index contributed by atoms with van der Waals surface area (Å²) in [6, 6.07) is 0. The van der Waals surface area contributed by atoms with E-state index in [0.717, 1.165) is 12.8 Å². The van der Waals surface area contributed by atoms with Gasteiger partial charge in [-0.3, -0.25) is 4.79 Å². The first kappa shape index (κ1) is 10.5. The van der Waals surface area contributed by atoms with Gasteiger partial charge in [-0.25, -0.2) is 0 Å². The zero-order chi connectivity index (χ0) is 10.1. The lowest BCUT2D eigenvalue weighted by atomic mass is 9.89. The SMILES string of the molecule is CCCC1CC(C)(C(C)O)OC1=O. The van der Waals surface area contributed by atoms with Gasteiger partial charge in [-0.05, 0) is 20.3 Å². The summed E-state index contributed by atoms with van der Waals surface area (Å²) in [5.74, 6) is -0.158. The molecule has 0 saturated carbocycles. The lowest BCUT2D eigenvalue weighted by molar-refractivity contribution is -0.156. The minimum Gasteiger partial charge on any atom is -0.456 e. The van der Waals surface area contributed by atoms with Gasteiger partial charge in [0.25, 0.3) is 0 Å². The number of cyclic esters (lactones) is 1. The number of carbonyl (C=O) groups is 1. The van der Waals surface area contributed by atoms with Crippen LogP contribution >= 0.6 is 0 Å². The summed E-state index contributed by atoms with van der Waals surface area (Å²) in [7, 11) is 0. The summed E-state index contributed by atoms with van der Waals surface area (Å²) in [6.07, 6.45) is 1.91. The maximum absolute atomic E-state index is 11.4. The summed E-state index contributed by atoms with van der Waals surface area (Å²) in [6.45, 7) is 5.51. The van der Waals surface area contributed by atoms with Crippen LogP contribution in [0.5, 0.6) is 0 Å². The Kier molecular flexibility index (Phi) is 2.96. The first-order chi connectivity index (χ1) is 5.99. The highest BCUT2D eigenvalue weighted by Gasteiger charge is 2.45. The standard InChI is InChI=1S/C10H18O3/c1-4-5-8-6-10(3,7(2)11)13-9(8)12/h7-8,11H,4-6H2,1-3H3. The molecule has 0 aromatic rings. The van der Waals surface area contributed by atoms with Gasteiger partial charge >= 0.3 is 5.97 Å². The van der Waals surface area contributed by atoms with E-state index in [9.17, 15) is 9.90 Å². The molecule has 0 radical (unpaired) electrons. The van der Waals surface area contributed by atoms with Crippen LogP contribution in [0.3, 0.4) is 0 Å². The van der Waals surface area contributed by atoms with Crippen molar-refractivity contribution in [3.05, 3.63) is 0 Å². The monoisotopic (exact) mass is 186 g/mol. The number of ether oxygens (including phenoxy) is 1. The molecular weight excluding hydrogens is 168 g/mol. The maximum Gasteiger partial charge on any atom is 0.309 e. The molecule has 3 heteroatoms. The molecule has 1 heterocycles. The first-order valence-corrected chi connectivity index (χ1v) is 4.90. The van der Waals surface area contributed by atoms with Crippen molar-refractivity contribution in [2.24, 2.45) is 5.92 Å². The van der Waals surface area contributed by atoms with Gasteiger partial charge in [0.2, 0.25) is 0 Å². The molecule has 1 aliphatic rings. The second kappa shape index (κ2) is 3.66. The van der Waals surface area contributed by atoms with Crippen molar-refractivity contribution in [3.8, 4) is 0 Å². The molecule has 0 aromatic carbocycles. The molecule has 1 N–H and O–H groups in total. The lowest BCUT2D eigenvalue weighted by Crippen LogP contribution is -2.36. The Morgan fingerprint density at radius 2 is 2.38 bits per heavy atom. The number of aliphatic hydroxyl groups is 1. The van der Waals surface area contributed by atoms with Crippen molar-refractivity contribution in [2.75, 3.05) is 0 Å². The molecule has 76 valence electrons. The summed E-state index contributed by atoms with van der Waals surface area (Å²) in [4.78, 5) is 11.4. The molecule has 1 rings (SSSR count). The highest BCUT2D eigenvalue weighted by atomic mass is 16.6. The van der Waals surface area contributed by atoms with Gasteiger partial charge in [-0.2, -0.15) is 0 Å². The number of aliphatic hydroxyl groups excluding tert-OH is 1. The van der Waals surface area contributed by atoms with Crippen LogP contribution in [-0.2, 0) is 9.53 Å². The largest absolute Gasteiger partial charge is 0.456 e. The molecule has 1 aliphatic heterocycles. The van der Waals surface area contributed by atoms with Crippen molar-refractivity contribution < 1.29 is 14.6 Å². The van der Waals surface area contributed by atoms with E-state index in [4.69, 9.17) is 4.74 Å². The number of rotatable bonds is 3. The van der Waals surface area contributed by atoms with Gasteiger partial charge in [0.15, 0.2) is 0 Å². The Labute approximate surface area is 79.1 Å². The molecule has 3 atom stereocenters. The second-order valence-corrected chi connectivity index (χ2v) is 4.10. The third-order valence-corrected chi connectivity index (χ3v) is 2.84. The van der Waals surface area contributed by atoms with Gasteiger partial charge in [0.1, 0.15) is 5.60 Å². The highest BCUT2D eigenvalue weighted by Crippen LogP contribution is 2.35. The zero-order valence-electron chi connectivity index (χ0n) is 8.54. The van der Waals surface area contributed by atoms with Crippen LogP contribution in [0.15, 0.2) is 0 Å². The summed E-state index contributed by atoms with van der Waals surface area (Å²) >= 11 is 0. The van der Waals surface area contributed by atoms with E-state index in [2.05, 4.69) is 0 Å². The number of hydrogen-bond acceptors (Lipinski definition) is 3. The van der Waals surface area contributed by atoms with Crippen molar-refractivity contribution in [3.63, 3.8) is 0 Å². The normalized spacial score (nSPS) is 36.0. The highest BCUT2D eigenvalue weighted by molar-refractivity contribution is 5.75. The van der Waals surface area contributed by atoms with E-state index >= 15 is 0 Å². The molecule has 0 aliphatic carbocycles. The van der Waals surface area contributed by atoms with Crippen LogP contribution in [0, 0.1) is 5.92 Å². The fourth-order valence-corrected chi connectivity index (χ4v) is 1.75. The predicted octanol–water partition coefficient (Wildman–Crippen LogP) is 1.49. The Balaban J connectivity index is 2.63. The Bertz CT molecular complexity index is 200. The van der Waals surface area contributed by atoms with Gasteiger partial charge in [-0.15, -0.1) is 0 Å². The Morgan fingerprint density at radius 1 is 1.77 bits per heavy atom. The number of hydrogen-bond donors (Lipinski definition) is 1. The fraction of sp³-hybridized carbons (Fsp3) is 0.900. The molecule has 0 bridgehead atoms. The van der Waals surface area contributed by atoms with E-state index in [1.807, 2.05) is 6.92 Å². The summed E-state index contributed by atoms with van der Waals surface area (Å²) in [5.41, 5.74) is -0.656. The molecule has 1 fully saturated rings. The van der Waals surface area contributed by atoms with Gasteiger partial charge in [0, 0.05) is 6.42 Å². The minimum atomic E-state index is -0.656. The maximum atomic E-state index is 11.4. The molecule has 0 spiro atoms. The molecular formula is C10H18O3. The topological polar surface area (TPSA) is 46.5 Å². The summed E-state index contributed by atoms with van der Waals surface area (Å²) < 4.78 is 5.19. The van der Waals surface area contributed by atoms with E-state index in [-0.39, 0.29) is 11.9 Å². The predicted molar refractivity (Wildman–Crippen MR) is 49.2 cm³/mol. The molecule has 3 nitrogen and oxygen atoms in total. The van der Waals surface area contributed by atoms with E-state index in [1.54, 1.807) is 13.8 Å². The van der Waals surface area contributed by atoms with Crippen LogP contribution in [-0.4, -0.2) is 22.8 Å². The average Bonchev–Trinajstić information content (AvgIpc) is 2.29. The first-order valence-electron chi connectivity index (χ1n) is 4.90. The van der Waals surface area contributed by atoms with Crippen LogP contribution in [0.25, 0.3) is 0 Å². The van der Waals surface area contributed by atoms with E-state index < -0.39 is 11.7 Å². The molecule has 0 aromatic heterocycles. The smallest absolute Gasteiger partial charge is 0.309 e. The third-order valence-electron chi connectivity index (χ3n) is 2.84. The van der Waals surface area contributed by atoms with Crippen LogP contribution in [0.2, 0.25) is 0 Å². The second-order valence-electron chi connectivity index (χ2n) is 4.10. The van der Waals surface area contributed by atoms with Crippen molar-refractivity contribution >= 4 is 5.97 Å². The van der Waals surface area contributed by atoms with Gasteiger partial charge in [0.05, 0.1) is 12.0 Å². The molecule has 1 saturated heterocycles. The summed E-state index contributed by atoms with van der Waals surface area (Å²) in [5, 5.41) is 9.44. The molecule has 13 heavy (non-hydrogen) atoms. The van der Waals surface area contributed by atoms with Crippen molar-refractivity contribution in [1.82, 2.24) is 0 Å².